The van der Waals surface area contributed by atoms with Gasteiger partial charge in [-0.1, -0.05) is 31.6 Å². The lowest BCUT2D eigenvalue weighted by atomic mass is 9.87. The average molecular weight is 602 g/mol. The Morgan fingerprint density at radius 2 is 2.05 bits per heavy atom. The first-order chi connectivity index (χ1) is 21.1. The number of nitrogens with one attached hydrogen (secondary N) is 4. The van der Waals surface area contributed by atoms with Crippen LogP contribution in [0.4, 0.5) is 5.95 Å². The molecule has 5 N–H and O–H groups in total. The van der Waals surface area contributed by atoms with Gasteiger partial charge in [-0.3, -0.25) is 5.32 Å². The molecule has 44 heavy (non-hydrogen) atoms. The molecule has 0 spiro atoms. The topological polar surface area (TPSA) is 138 Å². The van der Waals surface area contributed by atoms with E-state index in [0.29, 0.717) is 36.6 Å². The molecule has 2 aromatic rings. The third kappa shape index (κ3) is 6.23. The van der Waals surface area contributed by atoms with Gasteiger partial charge < -0.3 is 34.9 Å². The van der Waals surface area contributed by atoms with Gasteiger partial charge in [-0.25, -0.2) is 4.99 Å². The number of hydrogen-bond acceptors (Lipinski definition) is 10. The summed E-state index contributed by atoms with van der Waals surface area (Å²) in [6, 6.07) is 0.0227. The minimum absolute atomic E-state index is 0.126. The van der Waals surface area contributed by atoms with E-state index in [0.717, 1.165) is 52.8 Å². The van der Waals surface area contributed by atoms with Crippen LogP contribution in [0, 0.1) is 0 Å². The van der Waals surface area contributed by atoms with Gasteiger partial charge in [0.15, 0.2) is 5.90 Å². The number of likely N-dealkylation sites (N-methyl/N-ethyl adjacent to an activating group) is 1. The third-order valence-electron chi connectivity index (χ3n) is 8.36. The number of H-pyrrole nitrogens is 1. The molecule has 6 rings (SSSR count). The SMILES string of the molecule is CCCC(C)(C)Oc1nc(NC2=CC(NC)C=C(C(O)NC3COC3)C=C2)nc2[nH]cc(C3=CCC4(C)N=C(C)OC4=C3)c12. The minimum Gasteiger partial charge on any atom is -0.471 e. The van der Waals surface area contributed by atoms with Gasteiger partial charge in [0, 0.05) is 30.4 Å². The van der Waals surface area contributed by atoms with Crippen LogP contribution in [0.15, 0.2) is 64.7 Å². The van der Waals surface area contributed by atoms with Gasteiger partial charge >= 0.3 is 0 Å². The van der Waals surface area contributed by atoms with Crippen molar-refractivity contribution in [1.29, 1.82) is 0 Å². The van der Waals surface area contributed by atoms with E-state index in [9.17, 15) is 5.11 Å². The van der Waals surface area contributed by atoms with Crippen LogP contribution in [0.3, 0.4) is 0 Å². The summed E-state index contributed by atoms with van der Waals surface area (Å²) in [5.41, 5.74) is 3.37. The molecule has 3 unspecified atom stereocenters. The molecule has 11 nitrogen and oxygen atoms in total. The van der Waals surface area contributed by atoms with Gasteiger partial charge in [0.05, 0.1) is 24.6 Å². The number of aromatic nitrogens is 3. The number of rotatable bonds is 11. The van der Waals surface area contributed by atoms with Crippen molar-refractivity contribution in [2.45, 2.75) is 83.3 Å². The average Bonchev–Trinajstić information content (AvgIpc) is 3.42. The van der Waals surface area contributed by atoms with Crippen LogP contribution in [0.25, 0.3) is 16.6 Å². The lowest BCUT2D eigenvalue weighted by Crippen LogP contribution is -2.50. The van der Waals surface area contributed by atoms with E-state index in [2.05, 4.69) is 60.8 Å². The van der Waals surface area contributed by atoms with E-state index >= 15 is 0 Å². The van der Waals surface area contributed by atoms with Crippen molar-refractivity contribution in [2.24, 2.45) is 4.99 Å². The Bertz CT molecular complexity index is 1610. The van der Waals surface area contributed by atoms with Crippen molar-refractivity contribution >= 4 is 28.5 Å². The van der Waals surface area contributed by atoms with E-state index < -0.39 is 11.8 Å². The molecule has 0 aromatic carbocycles. The summed E-state index contributed by atoms with van der Waals surface area (Å²) >= 11 is 0. The number of fused-ring (bicyclic) bond motifs is 2. The molecule has 0 bridgehead atoms. The lowest BCUT2D eigenvalue weighted by molar-refractivity contribution is -0.0250. The highest BCUT2D eigenvalue weighted by molar-refractivity contribution is 5.98. The van der Waals surface area contributed by atoms with Gasteiger partial charge in [-0.15, -0.1) is 0 Å². The van der Waals surface area contributed by atoms with Gasteiger partial charge in [0.2, 0.25) is 11.8 Å². The van der Waals surface area contributed by atoms with Crippen LogP contribution in [0.2, 0.25) is 0 Å². The van der Waals surface area contributed by atoms with E-state index in [-0.39, 0.29) is 17.6 Å². The fourth-order valence-corrected chi connectivity index (χ4v) is 5.95. The van der Waals surface area contributed by atoms with Crippen LogP contribution in [-0.2, 0) is 9.47 Å². The standard InChI is InChI=1S/C33H43N7O4/c1-7-11-32(3,4)44-30-27-25(20-10-12-33(5)26(14-20)43-19(2)40-33)16-35-28(27)38-31(39-30)37-22-9-8-21(13-23(15-22)34-6)29(41)36-24-17-42-18-24/h8-10,13-16,23-24,29,34,36,41H,7,11-12,17-18H2,1-6H3,(H2,35,37,38,39). The number of aliphatic hydroxyl groups is 1. The largest absolute Gasteiger partial charge is 0.471 e. The second kappa shape index (κ2) is 12.0. The second-order valence-electron chi connectivity index (χ2n) is 12.6. The first kappa shape index (κ1) is 30.3. The molecule has 11 heteroatoms. The highest BCUT2D eigenvalue weighted by Crippen LogP contribution is 2.42. The van der Waals surface area contributed by atoms with Gasteiger partial charge in [0.1, 0.15) is 28.8 Å². The Balaban J connectivity index is 1.32. The molecule has 2 aromatic heterocycles. The van der Waals surface area contributed by atoms with Gasteiger partial charge in [-0.05, 0) is 70.0 Å². The van der Waals surface area contributed by atoms with Gasteiger partial charge in [-0.2, -0.15) is 9.97 Å². The maximum absolute atomic E-state index is 10.8. The summed E-state index contributed by atoms with van der Waals surface area (Å²) in [6.07, 6.45) is 15.8. The number of aromatic amines is 1. The van der Waals surface area contributed by atoms with Gasteiger partial charge in [0.25, 0.3) is 0 Å². The molecule has 2 aliphatic carbocycles. The van der Waals surface area contributed by atoms with Crippen LogP contribution >= 0.6 is 0 Å². The number of anilines is 1. The Morgan fingerprint density at radius 1 is 1.23 bits per heavy atom. The van der Waals surface area contributed by atoms with Crippen molar-refractivity contribution < 1.29 is 19.3 Å². The molecule has 1 saturated heterocycles. The van der Waals surface area contributed by atoms with Crippen molar-refractivity contribution in [1.82, 2.24) is 25.6 Å². The maximum atomic E-state index is 10.8. The Morgan fingerprint density at radius 3 is 2.77 bits per heavy atom. The summed E-state index contributed by atoms with van der Waals surface area (Å²) in [5, 5.41) is 21.5. The first-order valence-electron chi connectivity index (χ1n) is 15.4. The highest BCUT2D eigenvalue weighted by atomic mass is 16.5. The predicted octanol–water partition coefficient (Wildman–Crippen LogP) is 4.48. The Hall–Kier alpha value is -3.77. The molecule has 0 saturated carbocycles. The minimum atomic E-state index is -0.804. The fraction of sp³-hybridized carbons (Fsp3) is 0.485. The second-order valence-corrected chi connectivity index (χ2v) is 12.6. The summed E-state index contributed by atoms with van der Waals surface area (Å²) in [5.74, 6) is 2.43. The number of hydrogen-bond donors (Lipinski definition) is 5. The molecule has 4 aliphatic rings. The van der Waals surface area contributed by atoms with E-state index in [1.165, 1.54) is 0 Å². The molecular weight excluding hydrogens is 558 g/mol. The molecule has 1 fully saturated rings. The van der Waals surface area contributed by atoms with Crippen molar-refractivity contribution in [3.63, 3.8) is 0 Å². The molecule has 4 heterocycles. The third-order valence-corrected chi connectivity index (χ3v) is 8.36. The highest BCUT2D eigenvalue weighted by Gasteiger charge is 2.38. The first-order valence-corrected chi connectivity index (χ1v) is 15.4. The Labute approximate surface area is 258 Å². The number of nitrogens with zero attached hydrogens (tertiary/aromatic N) is 3. The zero-order valence-electron chi connectivity index (χ0n) is 26.3. The maximum Gasteiger partial charge on any atom is 0.232 e. The summed E-state index contributed by atoms with van der Waals surface area (Å²) in [6.45, 7) is 11.5. The van der Waals surface area contributed by atoms with Crippen molar-refractivity contribution in [3.05, 3.63) is 65.2 Å². The fourth-order valence-electron chi connectivity index (χ4n) is 5.95. The van der Waals surface area contributed by atoms with Crippen LogP contribution in [0.1, 0.15) is 59.4 Å². The van der Waals surface area contributed by atoms with Crippen LogP contribution in [0.5, 0.6) is 5.88 Å². The summed E-state index contributed by atoms with van der Waals surface area (Å²) in [4.78, 5) is 17.8. The predicted molar refractivity (Wildman–Crippen MR) is 172 cm³/mol. The number of ether oxygens (including phenoxy) is 3. The molecular formula is C33H43N7O4. The van der Waals surface area contributed by atoms with Crippen LogP contribution in [-0.4, -0.2) is 75.7 Å². The number of aliphatic hydroxyl groups excluding tert-OH is 1. The van der Waals surface area contributed by atoms with E-state index in [1.54, 1.807) is 0 Å². The van der Waals surface area contributed by atoms with Crippen LogP contribution < -0.4 is 20.7 Å². The number of aliphatic imine (C=N–C) groups is 1. The molecule has 234 valence electrons. The summed E-state index contributed by atoms with van der Waals surface area (Å²) in [7, 11) is 1.88. The molecule has 3 atom stereocenters. The zero-order chi connectivity index (χ0) is 31.1. The monoisotopic (exact) mass is 601 g/mol. The Kier molecular flexibility index (Phi) is 8.23. The van der Waals surface area contributed by atoms with Crippen molar-refractivity contribution in [2.75, 3.05) is 25.6 Å². The quantitative estimate of drug-likeness (QED) is 0.236. The smallest absolute Gasteiger partial charge is 0.232 e. The summed E-state index contributed by atoms with van der Waals surface area (Å²) < 4.78 is 17.8. The van der Waals surface area contributed by atoms with E-state index in [4.69, 9.17) is 29.2 Å². The molecule has 0 radical (unpaired) electrons. The molecule has 0 amide bonds. The zero-order valence-corrected chi connectivity index (χ0v) is 26.3. The van der Waals surface area contributed by atoms with Crippen molar-refractivity contribution in [3.8, 4) is 5.88 Å². The number of allylic oxidation sites excluding steroid dienone is 3. The van der Waals surface area contributed by atoms with E-state index in [1.807, 2.05) is 44.5 Å². The molecule has 2 aliphatic heterocycles. The lowest BCUT2D eigenvalue weighted by Gasteiger charge is -2.30. The normalized spacial score (nSPS) is 24.2.